The van der Waals surface area contributed by atoms with E-state index in [0.717, 1.165) is 16.4 Å². The number of para-hydroxylation sites is 2. The van der Waals surface area contributed by atoms with Crippen LogP contribution in [0.25, 0.3) is 21.9 Å². The van der Waals surface area contributed by atoms with E-state index in [1.165, 1.54) is 7.11 Å². The predicted octanol–water partition coefficient (Wildman–Crippen LogP) is 4.10. The number of amides is 2. The molecule has 2 amide bonds. The Labute approximate surface area is 172 Å². The van der Waals surface area contributed by atoms with Gasteiger partial charge in [-0.25, -0.2) is 0 Å². The van der Waals surface area contributed by atoms with Crippen molar-refractivity contribution in [1.82, 2.24) is 0 Å². The molecule has 0 aliphatic carbocycles. The Hall–Kier alpha value is -4.00. The first-order valence-corrected chi connectivity index (χ1v) is 9.33. The molecule has 1 aromatic heterocycles. The quantitative estimate of drug-likeness (QED) is 0.504. The third-order valence-electron chi connectivity index (χ3n) is 4.78. The number of ether oxygens (including phenoxy) is 2. The normalized spacial score (nSPS) is 11.9. The highest BCUT2D eigenvalue weighted by Gasteiger charge is 2.20. The summed E-state index contributed by atoms with van der Waals surface area (Å²) in [5, 5.41) is 4.65. The van der Waals surface area contributed by atoms with Gasteiger partial charge in [0.05, 0.1) is 18.4 Å². The third kappa shape index (κ3) is 3.53. The molecule has 0 aliphatic rings. The molecule has 1 heterocycles. The Bertz CT molecular complexity index is 1260. The van der Waals surface area contributed by atoms with Gasteiger partial charge in [-0.3, -0.25) is 9.59 Å². The molecule has 0 spiro atoms. The summed E-state index contributed by atoms with van der Waals surface area (Å²) in [7, 11) is 1.53. The molecule has 0 saturated carbocycles. The largest absolute Gasteiger partial charge is 0.495 e. The fourth-order valence-electron chi connectivity index (χ4n) is 3.27. The zero-order valence-corrected chi connectivity index (χ0v) is 16.5. The van der Waals surface area contributed by atoms with Gasteiger partial charge in [0.1, 0.15) is 22.7 Å². The minimum absolute atomic E-state index is 0.207. The number of methoxy groups -OCH3 is 1. The van der Waals surface area contributed by atoms with Crippen molar-refractivity contribution in [2.45, 2.75) is 13.0 Å². The number of carbonyl (C=O) groups excluding carboxylic acids is 2. The van der Waals surface area contributed by atoms with E-state index in [-0.39, 0.29) is 11.3 Å². The van der Waals surface area contributed by atoms with Crippen LogP contribution in [0, 0.1) is 0 Å². The number of anilines is 1. The maximum atomic E-state index is 12.7. The highest BCUT2D eigenvalue weighted by molar-refractivity contribution is 6.08. The Morgan fingerprint density at radius 3 is 2.47 bits per heavy atom. The van der Waals surface area contributed by atoms with Gasteiger partial charge in [0.2, 0.25) is 0 Å². The van der Waals surface area contributed by atoms with Gasteiger partial charge in [-0.2, -0.15) is 0 Å². The highest BCUT2D eigenvalue weighted by Crippen LogP contribution is 2.36. The molecule has 3 N–H and O–H groups in total. The second-order valence-corrected chi connectivity index (χ2v) is 6.76. The van der Waals surface area contributed by atoms with Gasteiger partial charge in [0, 0.05) is 16.8 Å². The Balaban J connectivity index is 1.61. The number of hydrogen-bond acceptors (Lipinski definition) is 5. The monoisotopic (exact) mass is 404 g/mol. The van der Waals surface area contributed by atoms with Gasteiger partial charge in [0.15, 0.2) is 6.10 Å². The van der Waals surface area contributed by atoms with Crippen molar-refractivity contribution in [3.63, 3.8) is 0 Å². The minimum atomic E-state index is -0.887. The Morgan fingerprint density at radius 2 is 1.70 bits per heavy atom. The maximum Gasteiger partial charge on any atom is 0.265 e. The van der Waals surface area contributed by atoms with Gasteiger partial charge >= 0.3 is 0 Å². The summed E-state index contributed by atoms with van der Waals surface area (Å²) >= 11 is 0. The molecule has 0 bridgehead atoms. The van der Waals surface area contributed by atoms with Gasteiger partial charge in [-0.05, 0) is 31.2 Å². The summed E-state index contributed by atoms with van der Waals surface area (Å²) in [5.41, 5.74) is 7.40. The van der Waals surface area contributed by atoms with Crippen molar-refractivity contribution in [3.05, 3.63) is 66.2 Å². The lowest BCUT2D eigenvalue weighted by Crippen LogP contribution is -2.31. The molecule has 30 heavy (non-hydrogen) atoms. The average molecular weight is 404 g/mol. The van der Waals surface area contributed by atoms with E-state index in [0.29, 0.717) is 17.0 Å². The highest BCUT2D eigenvalue weighted by atomic mass is 16.5. The molecule has 0 radical (unpaired) electrons. The second-order valence-electron chi connectivity index (χ2n) is 6.76. The molecule has 1 atom stereocenters. The summed E-state index contributed by atoms with van der Waals surface area (Å²) in [6, 6.07) is 17.7. The summed E-state index contributed by atoms with van der Waals surface area (Å²) in [5.74, 6) is -0.308. The zero-order chi connectivity index (χ0) is 21.3. The van der Waals surface area contributed by atoms with Crippen LogP contribution in [0.1, 0.15) is 17.3 Å². The number of nitrogens with two attached hydrogens (primary N) is 1. The summed E-state index contributed by atoms with van der Waals surface area (Å²) in [6.07, 6.45) is -0.887. The zero-order valence-electron chi connectivity index (χ0n) is 16.5. The number of hydrogen-bond donors (Lipinski definition) is 2. The molecular formula is C23H20N2O5. The number of furan rings is 1. The summed E-state index contributed by atoms with van der Waals surface area (Å²) in [4.78, 5) is 24.3. The van der Waals surface area contributed by atoms with E-state index in [2.05, 4.69) is 5.32 Å². The van der Waals surface area contributed by atoms with E-state index >= 15 is 0 Å². The third-order valence-corrected chi connectivity index (χ3v) is 4.78. The summed E-state index contributed by atoms with van der Waals surface area (Å²) in [6.45, 7) is 1.58. The molecular weight excluding hydrogens is 384 g/mol. The topological polar surface area (TPSA) is 104 Å². The second kappa shape index (κ2) is 7.79. The molecule has 0 saturated heterocycles. The van der Waals surface area contributed by atoms with Crippen molar-refractivity contribution in [1.29, 1.82) is 0 Å². The average Bonchev–Trinajstić information content (AvgIpc) is 3.10. The fraction of sp³-hybridized carbons (Fsp3) is 0.130. The molecule has 7 nitrogen and oxygen atoms in total. The summed E-state index contributed by atoms with van der Waals surface area (Å²) < 4.78 is 17.0. The molecule has 4 rings (SSSR count). The molecule has 0 aliphatic heterocycles. The lowest BCUT2D eigenvalue weighted by Gasteiger charge is -2.17. The van der Waals surface area contributed by atoms with Crippen LogP contribution in [-0.2, 0) is 4.79 Å². The van der Waals surface area contributed by atoms with Gasteiger partial charge in [-0.1, -0.05) is 30.3 Å². The van der Waals surface area contributed by atoms with E-state index in [1.54, 1.807) is 37.3 Å². The minimum Gasteiger partial charge on any atom is -0.495 e. The number of benzene rings is 3. The van der Waals surface area contributed by atoms with Crippen LogP contribution in [0.5, 0.6) is 11.5 Å². The first-order chi connectivity index (χ1) is 14.5. The Kier molecular flexibility index (Phi) is 5.02. The standard InChI is InChI=1S/C23H20N2O5/c1-13(29-19-10-6-4-8-15(19)22(24)26)23(27)25-17-12-20-16(11-21(17)28-2)14-7-3-5-9-18(14)30-20/h3-13H,1-2H3,(H2,24,26)(H,25,27)/t13-/m0/s1. The van der Waals surface area contributed by atoms with Gasteiger partial charge in [-0.15, -0.1) is 0 Å². The first kappa shape index (κ1) is 19.3. The van der Waals surface area contributed by atoms with E-state index < -0.39 is 17.9 Å². The molecule has 3 aromatic carbocycles. The number of rotatable bonds is 6. The van der Waals surface area contributed by atoms with Crippen molar-refractivity contribution >= 4 is 39.4 Å². The molecule has 7 heteroatoms. The molecule has 152 valence electrons. The molecule has 4 aromatic rings. The fourth-order valence-corrected chi connectivity index (χ4v) is 3.27. The van der Waals surface area contributed by atoms with Crippen molar-refractivity contribution in [3.8, 4) is 11.5 Å². The number of primary amides is 1. The van der Waals surface area contributed by atoms with E-state index in [9.17, 15) is 9.59 Å². The van der Waals surface area contributed by atoms with Crippen LogP contribution in [-0.4, -0.2) is 25.0 Å². The smallest absolute Gasteiger partial charge is 0.265 e. The SMILES string of the molecule is COc1cc2c(cc1NC(=O)[C@H](C)Oc1ccccc1C(N)=O)oc1ccccc12. The van der Waals surface area contributed by atoms with Gasteiger partial charge < -0.3 is 24.9 Å². The van der Waals surface area contributed by atoms with Crippen molar-refractivity contribution in [2.75, 3.05) is 12.4 Å². The Morgan fingerprint density at radius 1 is 0.967 bits per heavy atom. The molecule has 0 fully saturated rings. The predicted molar refractivity (Wildman–Crippen MR) is 114 cm³/mol. The number of nitrogens with one attached hydrogen (secondary N) is 1. The van der Waals surface area contributed by atoms with Crippen LogP contribution in [0.3, 0.4) is 0 Å². The van der Waals surface area contributed by atoms with Crippen LogP contribution >= 0.6 is 0 Å². The van der Waals surface area contributed by atoms with Crippen LogP contribution < -0.4 is 20.5 Å². The van der Waals surface area contributed by atoms with Crippen LogP contribution in [0.4, 0.5) is 5.69 Å². The number of fused-ring (bicyclic) bond motifs is 3. The first-order valence-electron chi connectivity index (χ1n) is 9.33. The van der Waals surface area contributed by atoms with E-state index in [4.69, 9.17) is 19.6 Å². The van der Waals surface area contributed by atoms with Crippen molar-refractivity contribution in [2.24, 2.45) is 5.73 Å². The van der Waals surface area contributed by atoms with Crippen LogP contribution in [0.15, 0.2) is 65.1 Å². The lowest BCUT2D eigenvalue weighted by molar-refractivity contribution is -0.122. The van der Waals surface area contributed by atoms with Gasteiger partial charge in [0.25, 0.3) is 11.8 Å². The lowest BCUT2D eigenvalue weighted by atomic mass is 10.1. The number of carbonyl (C=O) groups is 2. The molecule has 0 unspecified atom stereocenters. The maximum absolute atomic E-state index is 12.7. The van der Waals surface area contributed by atoms with Crippen LogP contribution in [0.2, 0.25) is 0 Å². The van der Waals surface area contributed by atoms with Crippen molar-refractivity contribution < 1.29 is 23.5 Å². The van der Waals surface area contributed by atoms with E-state index in [1.807, 2.05) is 30.3 Å².